The lowest BCUT2D eigenvalue weighted by Gasteiger charge is -2.25. The summed E-state index contributed by atoms with van der Waals surface area (Å²) in [5, 5.41) is 0. The molecule has 0 radical (unpaired) electrons. The number of fused-ring (bicyclic) bond motifs is 3. The molecule has 2 amide bonds. The van der Waals surface area contributed by atoms with Crippen molar-refractivity contribution in [2.75, 3.05) is 4.90 Å². The minimum atomic E-state index is -0.393. The Labute approximate surface area is 141 Å². The molecule has 2 heterocycles. The molecule has 0 aliphatic carbocycles. The Bertz CT molecular complexity index is 800. The van der Waals surface area contributed by atoms with Crippen LogP contribution in [0, 0.1) is 5.92 Å². The van der Waals surface area contributed by atoms with Gasteiger partial charge in [-0.15, -0.1) is 0 Å². The molecule has 0 N–H and O–H groups in total. The lowest BCUT2D eigenvalue weighted by atomic mass is 10.0. The second-order valence-corrected chi connectivity index (χ2v) is 6.86. The van der Waals surface area contributed by atoms with Crippen molar-refractivity contribution in [3.8, 4) is 0 Å². The van der Waals surface area contributed by atoms with E-state index in [0.29, 0.717) is 17.9 Å². The van der Waals surface area contributed by atoms with Crippen LogP contribution in [0.15, 0.2) is 54.6 Å². The summed E-state index contributed by atoms with van der Waals surface area (Å²) in [6, 6.07) is 16.9. The maximum Gasteiger partial charge on any atom is 0.256 e. The molecule has 4 rings (SSSR count). The third-order valence-electron chi connectivity index (χ3n) is 4.80. The normalized spacial score (nSPS) is 22.3. The first kappa shape index (κ1) is 14.9. The second kappa shape index (κ2) is 5.48. The molecule has 2 aromatic carbocycles. The summed E-state index contributed by atoms with van der Waals surface area (Å²) in [6.45, 7) is 4.17. The van der Waals surface area contributed by atoms with Crippen LogP contribution in [0.25, 0.3) is 0 Å². The highest BCUT2D eigenvalue weighted by Crippen LogP contribution is 2.46. The van der Waals surface area contributed by atoms with Gasteiger partial charge in [0.15, 0.2) is 0 Å². The van der Waals surface area contributed by atoms with Crippen LogP contribution in [0.5, 0.6) is 0 Å². The van der Waals surface area contributed by atoms with Crippen LogP contribution in [0.4, 0.5) is 5.69 Å². The summed E-state index contributed by atoms with van der Waals surface area (Å²) in [6.07, 6.45) is 0.352. The molecule has 4 nitrogen and oxygen atoms in total. The number of rotatable bonds is 3. The summed E-state index contributed by atoms with van der Waals surface area (Å²) in [7, 11) is 0. The molecular formula is C20H20N2O2. The Morgan fingerprint density at radius 1 is 0.958 bits per heavy atom. The van der Waals surface area contributed by atoms with Crippen molar-refractivity contribution >= 4 is 17.5 Å². The Morgan fingerprint density at radius 3 is 2.33 bits per heavy atom. The van der Waals surface area contributed by atoms with Gasteiger partial charge >= 0.3 is 0 Å². The molecule has 2 unspecified atom stereocenters. The van der Waals surface area contributed by atoms with Crippen molar-refractivity contribution in [1.82, 2.24) is 4.90 Å². The van der Waals surface area contributed by atoms with E-state index < -0.39 is 6.04 Å². The number of para-hydroxylation sites is 1. The first-order valence-electron chi connectivity index (χ1n) is 8.39. The van der Waals surface area contributed by atoms with Crippen molar-refractivity contribution in [1.29, 1.82) is 0 Å². The molecule has 0 aromatic heterocycles. The summed E-state index contributed by atoms with van der Waals surface area (Å²) >= 11 is 0. The van der Waals surface area contributed by atoms with Crippen molar-refractivity contribution in [2.24, 2.45) is 5.92 Å². The molecule has 24 heavy (non-hydrogen) atoms. The number of carbonyl (C=O) groups excluding carboxylic acids is 2. The van der Waals surface area contributed by atoms with Crippen LogP contribution in [0.3, 0.4) is 0 Å². The van der Waals surface area contributed by atoms with Gasteiger partial charge in [-0.3, -0.25) is 14.5 Å². The molecule has 122 valence electrons. The zero-order valence-corrected chi connectivity index (χ0v) is 13.8. The lowest BCUT2D eigenvalue weighted by Crippen LogP contribution is -2.37. The van der Waals surface area contributed by atoms with E-state index in [4.69, 9.17) is 0 Å². The molecule has 2 atom stereocenters. The maximum absolute atomic E-state index is 13.1. The van der Waals surface area contributed by atoms with E-state index in [1.54, 1.807) is 9.80 Å². The van der Waals surface area contributed by atoms with Gasteiger partial charge in [0.2, 0.25) is 0 Å². The number of benzene rings is 2. The van der Waals surface area contributed by atoms with Crippen molar-refractivity contribution < 1.29 is 9.59 Å². The number of nitrogens with zero attached hydrogens (tertiary/aromatic N) is 2. The van der Waals surface area contributed by atoms with Crippen molar-refractivity contribution in [2.45, 2.75) is 32.5 Å². The van der Waals surface area contributed by atoms with Gasteiger partial charge in [-0.2, -0.15) is 0 Å². The van der Waals surface area contributed by atoms with Crippen LogP contribution < -0.4 is 4.90 Å². The minimum Gasteiger partial charge on any atom is -0.301 e. The number of hydrogen-bond acceptors (Lipinski definition) is 2. The molecule has 1 fully saturated rings. The van der Waals surface area contributed by atoms with Crippen molar-refractivity contribution in [3.05, 3.63) is 65.7 Å². The first-order chi connectivity index (χ1) is 11.6. The van der Waals surface area contributed by atoms with Crippen LogP contribution in [0.1, 0.15) is 42.4 Å². The molecule has 2 aromatic rings. The van der Waals surface area contributed by atoms with E-state index in [2.05, 4.69) is 13.8 Å². The SMILES string of the molecule is CC(C)CC1C(=O)N(c2ccccc2)C2c3ccccc3C(=O)N12. The fraction of sp³-hybridized carbons (Fsp3) is 0.300. The Kier molecular flexibility index (Phi) is 3.41. The van der Waals surface area contributed by atoms with E-state index in [9.17, 15) is 9.59 Å². The van der Waals surface area contributed by atoms with Gasteiger partial charge in [-0.05, 0) is 30.5 Å². The first-order valence-corrected chi connectivity index (χ1v) is 8.39. The van der Waals surface area contributed by atoms with Gasteiger partial charge in [-0.25, -0.2) is 0 Å². The molecule has 0 spiro atoms. The topological polar surface area (TPSA) is 40.6 Å². The summed E-state index contributed by atoms with van der Waals surface area (Å²) in [5.41, 5.74) is 2.48. The predicted molar refractivity (Wildman–Crippen MR) is 92.5 cm³/mol. The van der Waals surface area contributed by atoms with E-state index in [-0.39, 0.29) is 18.0 Å². The highest BCUT2D eigenvalue weighted by atomic mass is 16.2. The van der Waals surface area contributed by atoms with Gasteiger partial charge in [0.05, 0.1) is 0 Å². The Hall–Kier alpha value is -2.62. The monoisotopic (exact) mass is 320 g/mol. The highest BCUT2D eigenvalue weighted by Gasteiger charge is 2.54. The summed E-state index contributed by atoms with van der Waals surface area (Å²) < 4.78 is 0. The highest BCUT2D eigenvalue weighted by molar-refractivity contribution is 6.10. The van der Waals surface area contributed by atoms with E-state index >= 15 is 0 Å². The van der Waals surface area contributed by atoms with Crippen LogP contribution >= 0.6 is 0 Å². The van der Waals surface area contributed by atoms with Crippen LogP contribution in [-0.2, 0) is 4.79 Å². The van der Waals surface area contributed by atoms with Crippen LogP contribution in [-0.4, -0.2) is 22.8 Å². The molecule has 0 bridgehead atoms. The van der Waals surface area contributed by atoms with Gasteiger partial charge in [-0.1, -0.05) is 50.2 Å². The van der Waals surface area contributed by atoms with Crippen LogP contribution in [0.2, 0.25) is 0 Å². The standard InChI is InChI=1S/C20H20N2O2/c1-13(2)12-17-20(24)21(14-8-4-3-5-9-14)18-15-10-6-7-11-16(15)19(23)22(17)18/h3-11,13,17-18H,12H2,1-2H3. The van der Waals surface area contributed by atoms with E-state index in [0.717, 1.165) is 11.3 Å². The Morgan fingerprint density at radius 2 is 1.62 bits per heavy atom. The molecular weight excluding hydrogens is 300 g/mol. The quantitative estimate of drug-likeness (QED) is 0.867. The van der Waals surface area contributed by atoms with E-state index in [1.807, 2.05) is 54.6 Å². The van der Waals surface area contributed by atoms with Crippen molar-refractivity contribution in [3.63, 3.8) is 0 Å². The van der Waals surface area contributed by atoms with Gasteiger partial charge in [0, 0.05) is 16.8 Å². The molecule has 2 aliphatic rings. The third-order valence-corrected chi connectivity index (χ3v) is 4.80. The smallest absolute Gasteiger partial charge is 0.256 e. The van der Waals surface area contributed by atoms with Gasteiger partial charge in [0.1, 0.15) is 12.2 Å². The number of amides is 2. The maximum atomic E-state index is 13.1. The summed E-state index contributed by atoms with van der Waals surface area (Å²) in [5.74, 6) is 0.322. The zero-order valence-electron chi connectivity index (χ0n) is 13.8. The molecule has 1 saturated heterocycles. The summed E-state index contributed by atoms with van der Waals surface area (Å²) in [4.78, 5) is 29.6. The molecule has 4 heteroatoms. The predicted octanol–water partition coefficient (Wildman–Crippen LogP) is 3.60. The largest absolute Gasteiger partial charge is 0.301 e. The number of hydrogen-bond donors (Lipinski definition) is 0. The Balaban J connectivity index is 1.86. The lowest BCUT2D eigenvalue weighted by molar-refractivity contribution is -0.119. The van der Waals surface area contributed by atoms with E-state index in [1.165, 1.54) is 0 Å². The van der Waals surface area contributed by atoms with Gasteiger partial charge in [0.25, 0.3) is 11.8 Å². The fourth-order valence-corrected chi connectivity index (χ4v) is 3.81. The number of anilines is 1. The average molecular weight is 320 g/mol. The molecule has 2 aliphatic heterocycles. The zero-order chi connectivity index (χ0) is 16.8. The average Bonchev–Trinajstić information content (AvgIpc) is 3.02. The fourth-order valence-electron chi connectivity index (χ4n) is 3.81. The van der Waals surface area contributed by atoms with Gasteiger partial charge < -0.3 is 4.90 Å². The number of carbonyl (C=O) groups is 2. The minimum absolute atomic E-state index is 0.0164. The second-order valence-electron chi connectivity index (χ2n) is 6.86. The third kappa shape index (κ3) is 2.06. The molecule has 0 saturated carbocycles.